The Labute approximate surface area is 261 Å². The highest BCUT2D eigenvalue weighted by atomic mass is 16.5. The minimum atomic E-state index is -0.774. The van der Waals surface area contributed by atoms with Crippen molar-refractivity contribution in [2.75, 3.05) is 32.1 Å². The number of rotatable bonds is 2. The Hall–Kier alpha value is -4.83. The van der Waals surface area contributed by atoms with Gasteiger partial charge in [0.25, 0.3) is 5.91 Å². The van der Waals surface area contributed by atoms with Gasteiger partial charge in [0.05, 0.1) is 23.7 Å². The van der Waals surface area contributed by atoms with Gasteiger partial charge in [-0.3, -0.25) is 19.5 Å². The van der Waals surface area contributed by atoms with Gasteiger partial charge in [0.1, 0.15) is 11.9 Å². The van der Waals surface area contributed by atoms with Crippen molar-refractivity contribution in [3.63, 3.8) is 0 Å². The summed E-state index contributed by atoms with van der Waals surface area (Å²) in [7, 11) is 1.78. The van der Waals surface area contributed by atoms with Crippen molar-refractivity contribution in [1.82, 2.24) is 25.4 Å². The number of pyridine rings is 1. The number of likely N-dealkylation sites (N-methyl/N-ethyl adjacent to an activating group) is 1. The Morgan fingerprint density at radius 1 is 1.04 bits per heavy atom. The predicted octanol–water partition coefficient (Wildman–Crippen LogP) is 3.88. The highest BCUT2D eigenvalue weighted by molar-refractivity contribution is 6.06. The van der Waals surface area contributed by atoms with Gasteiger partial charge in [-0.2, -0.15) is 5.10 Å². The molecular formula is C35H36N6O4. The average Bonchev–Trinajstić information content (AvgIpc) is 3.73. The summed E-state index contributed by atoms with van der Waals surface area (Å²) < 4.78 is 5.81. The van der Waals surface area contributed by atoms with Gasteiger partial charge < -0.3 is 20.3 Å². The number of H-pyrrole nitrogens is 1. The first kappa shape index (κ1) is 28.9. The number of aromatic amines is 1. The molecular weight excluding hydrogens is 568 g/mol. The van der Waals surface area contributed by atoms with Gasteiger partial charge in [0.15, 0.2) is 0 Å². The maximum Gasteiger partial charge on any atom is 0.251 e. The first-order valence-electron chi connectivity index (χ1n) is 15.5. The Balaban J connectivity index is 1.21. The number of carbonyl (C=O) groups excluding carboxylic acids is 3. The third-order valence-corrected chi connectivity index (χ3v) is 9.33. The van der Waals surface area contributed by atoms with E-state index in [0.717, 1.165) is 57.1 Å². The lowest BCUT2D eigenvalue weighted by atomic mass is 9.79. The SMILES string of the molecule is Cc1cc(C[C@H]2NC(=O)c3ccc4c(c3)C[C@]3(C4)C(=O)Nc4ncc(cc43)/C=C/COCCCCN(C)C2=O)cc2cn[nH]c12. The molecule has 3 aliphatic rings. The predicted molar refractivity (Wildman–Crippen MR) is 171 cm³/mol. The zero-order chi connectivity index (χ0) is 31.1. The van der Waals surface area contributed by atoms with Gasteiger partial charge in [-0.1, -0.05) is 24.3 Å². The molecule has 2 atom stereocenters. The van der Waals surface area contributed by atoms with Crippen LogP contribution in [0.15, 0.2) is 54.9 Å². The molecule has 3 N–H and O–H groups in total. The summed E-state index contributed by atoms with van der Waals surface area (Å²) in [5.74, 6) is 0.0434. The molecule has 2 aliphatic heterocycles. The van der Waals surface area contributed by atoms with Gasteiger partial charge >= 0.3 is 0 Å². The number of hydrogen-bond acceptors (Lipinski definition) is 6. The summed E-state index contributed by atoms with van der Waals surface area (Å²) in [5, 5.41) is 14.2. The lowest BCUT2D eigenvalue weighted by molar-refractivity contribution is -0.132. The second-order valence-electron chi connectivity index (χ2n) is 12.5. The monoisotopic (exact) mass is 604 g/mol. The summed E-state index contributed by atoms with van der Waals surface area (Å²) in [6.07, 6.45) is 10.4. The van der Waals surface area contributed by atoms with Crippen LogP contribution in [0.5, 0.6) is 0 Å². The van der Waals surface area contributed by atoms with Crippen LogP contribution in [0.4, 0.5) is 5.82 Å². The first-order valence-corrected chi connectivity index (χ1v) is 15.5. The molecule has 0 unspecified atom stereocenters. The molecule has 7 rings (SSSR count). The molecule has 4 aromatic rings. The lowest BCUT2D eigenvalue weighted by Gasteiger charge is -2.25. The molecule has 0 radical (unpaired) electrons. The Bertz CT molecular complexity index is 1860. The van der Waals surface area contributed by atoms with E-state index in [9.17, 15) is 14.4 Å². The van der Waals surface area contributed by atoms with Crippen LogP contribution in [0.3, 0.4) is 0 Å². The number of anilines is 1. The van der Waals surface area contributed by atoms with E-state index in [-0.39, 0.29) is 17.7 Å². The first-order chi connectivity index (χ1) is 21.8. The fourth-order valence-electron chi connectivity index (χ4n) is 6.93. The number of ether oxygens (including phenoxy) is 1. The molecule has 3 amide bonds. The van der Waals surface area contributed by atoms with Crippen LogP contribution in [0.25, 0.3) is 17.0 Å². The largest absolute Gasteiger partial charge is 0.377 e. The third kappa shape index (κ3) is 5.39. The molecule has 230 valence electrons. The lowest BCUT2D eigenvalue weighted by Crippen LogP contribution is -2.48. The molecule has 1 aliphatic carbocycles. The normalized spacial score (nSPS) is 22.8. The summed E-state index contributed by atoms with van der Waals surface area (Å²) in [4.78, 5) is 47.2. The number of aromatic nitrogens is 3. The van der Waals surface area contributed by atoms with E-state index in [1.807, 2.05) is 49.4 Å². The van der Waals surface area contributed by atoms with Gasteiger partial charge in [-0.15, -0.1) is 0 Å². The molecule has 2 aromatic carbocycles. The van der Waals surface area contributed by atoms with E-state index >= 15 is 0 Å². The maximum absolute atomic E-state index is 13.8. The van der Waals surface area contributed by atoms with E-state index in [2.05, 4.69) is 25.8 Å². The minimum Gasteiger partial charge on any atom is -0.377 e. The van der Waals surface area contributed by atoms with Crippen LogP contribution in [-0.2, 0) is 39.0 Å². The molecule has 10 heteroatoms. The van der Waals surface area contributed by atoms with Crippen molar-refractivity contribution in [2.45, 2.75) is 50.5 Å². The molecule has 5 bridgehead atoms. The summed E-state index contributed by atoms with van der Waals surface area (Å²) in [5.41, 5.74) is 6.37. The number of carbonyl (C=O) groups is 3. The second-order valence-corrected chi connectivity index (χ2v) is 12.5. The van der Waals surface area contributed by atoms with Crippen molar-refractivity contribution in [1.29, 1.82) is 0 Å². The number of aryl methyl sites for hydroxylation is 1. The number of nitrogens with zero attached hydrogens (tertiary/aromatic N) is 3. The molecule has 45 heavy (non-hydrogen) atoms. The number of nitrogens with one attached hydrogen (secondary N) is 3. The summed E-state index contributed by atoms with van der Waals surface area (Å²) >= 11 is 0. The Morgan fingerprint density at radius 3 is 2.80 bits per heavy atom. The van der Waals surface area contributed by atoms with Gasteiger partial charge in [0.2, 0.25) is 11.8 Å². The van der Waals surface area contributed by atoms with Crippen molar-refractivity contribution >= 4 is 40.5 Å². The molecule has 0 saturated heterocycles. The smallest absolute Gasteiger partial charge is 0.251 e. The molecule has 0 saturated carbocycles. The van der Waals surface area contributed by atoms with Crippen molar-refractivity contribution in [3.8, 4) is 0 Å². The van der Waals surface area contributed by atoms with Crippen LogP contribution in [0.1, 0.15) is 56.6 Å². The topological polar surface area (TPSA) is 129 Å². The number of hydrogen-bond donors (Lipinski definition) is 3. The fourth-order valence-corrected chi connectivity index (χ4v) is 6.93. The van der Waals surface area contributed by atoms with Crippen molar-refractivity contribution in [2.24, 2.45) is 0 Å². The molecule has 10 nitrogen and oxygen atoms in total. The Kier molecular flexibility index (Phi) is 7.45. The van der Waals surface area contributed by atoms with E-state index < -0.39 is 11.5 Å². The zero-order valence-electron chi connectivity index (χ0n) is 25.5. The van der Waals surface area contributed by atoms with E-state index in [4.69, 9.17) is 4.74 Å². The number of benzene rings is 2. The third-order valence-electron chi connectivity index (χ3n) is 9.33. The van der Waals surface area contributed by atoms with Crippen LogP contribution in [-0.4, -0.2) is 70.7 Å². The number of amides is 3. The second kappa shape index (κ2) is 11.6. The molecule has 1 spiro atoms. The van der Waals surface area contributed by atoms with Crippen molar-refractivity contribution < 1.29 is 19.1 Å². The quantitative estimate of drug-likeness (QED) is 0.319. The van der Waals surface area contributed by atoms with E-state index in [1.165, 1.54) is 0 Å². The van der Waals surface area contributed by atoms with Gasteiger partial charge in [-0.25, -0.2) is 4.98 Å². The summed E-state index contributed by atoms with van der Waals surface area (Å²) in [6.45, 7) is 3.57. The standard InChI is InChI=1S/C35H36N6O4/c1-21-12-23(13-27-20-37-40-30(21)27)15-29-33(43)41(2)9-3-4-10-45-11-5-6-22-14-28-31(36-19-22)39-34(44)35(28)17-25-8-7-24(32(42)38-29)16-26(25)18-35/h5-8,12-14,16,19-20,29H,3-4,9-11,15,17-18H2,1-2H3,(H,37,40)(H,38,42)(H,36,39,44)/b6-5+/t29-,35+/m1/s1. The maximum atomic E-state index is 13.8. The van der Waals surface area contributed by atoms with Crippen LogP contribution in [0, 0.1) is 6.92 Å². The minimum absolute atomic E-state index is 0.0753. The fraction of sp³-hybridized carbons (Fsp3) is 0.343. The Morgan fingerprint density at radius 2 is 1.91 bits per heavy atom. The molecule has 2 aromatic heterocycles. The molecule has 0 fully saturated rings. The van der Waals surface area contributed by atoms with Gasteiger partial charge in [0, 0.05) is 49.3 Å². The van der Waals surface area contributed by atoms with Crippen molar-refractivity contribution in [3.05, 3.63) is 93.8 Å². The average molecular weight is 605 g/mol. The highest BCUT2D eigenvalue weighted by Crippen LogP contribution is 2.47. The van der Waals surface area contributed by atoms with Crippen LogP contribution < -0.4 is 10.6 Å². The van der Waals surface area contributed by atoms with E-state index in [1.54, 1.807) is 30.4 Å². The van der Waals surface area contributed by atoms with Crippen LogP contribution in [0.2, 0.25) is 0 Å². The van der Waals surface area contributed by atoms with Crippen LogP contribution >= 0.6 is 0 Å². The number of fused-ring (bicyclic) bond motifs is 3. The summed E-state index contributed by atoms with van der Waals surface area (Å²) in [6, 6.07) is 10.9. The molecule has 4 heterocycles. The van der Waals surface area contributed by atoms with E-state index in [0.29, 0.717) is 50.4 Å². The highest BCUT2D eigenvalue weighted by Gasteiger charge is 2.51. The van der Waals surface area contributed by atoms with Gasteiger partial charge in [-0.05, 0) is 84.7 Å². The zero-order valence-corrected chi connectivity index (χ0v) is 25.5.